The van der Waals surface area contributed by atoms with Crippen LogP contribution in [0.25, 0.3) is 0 Å². The van der Waals surface area contributed by atoms with E-state index in [1.165, 1.54) is 22.3 Å². The first-order valence-corrected chi connectivity index (χ1v) is 11.6. The molecule has 5 nitrogen and oxygen atoms in total. The van der Waals surface area contributed by atoms with Crippen molar-refractivity contribution in [2.75, 3.05) is 26.3 Å². The van der Waals surface area contributed by atoms with Crippen LogP contribution in [0.4, 0.5) is 0 Å². The maximum Gasteiger partial charge on any atom is 0.191 e. The van der Waals surface area contributed by atoms with Gasteiger partial charge in [-0.15, -0.1) is 24.0 Å². The monoisotopic (exact) mass is 551 g/mol. The summed E-state index contributed by atoms with van der Waals surface area (Å²) in [5.74, 6) is 1.27. The van der Waals surface area contributed by atoms with Gasteiger partial charge in [0.15, 0.2) is 5.96 Å². The van der Waals surface area contributed by atoms with Gasteiger partial charge in [0, 0.05) is 32.2 Å². The number of hydrogen-bond acceptors (Lipinski definition) is 3. The van der Waals surface area contributed by atoms with E-state index >= 15 is 0 Å². The van der Waals surface area contributed by atoms with Crippen LogP contribution in [0, 0.1) is 12.8 Å². The lowest BCUT2D eigenvalue weighted by molar-refractivity contribution is -0.0265. The number of aryl methyl sites for hydroxylation is 1. The Morgan fingerprint density at radius 2 is 1.81 bits per heavy atom. The van der Waals surface area contributed by atoms with Crippen LogP contribution in [0.1, 0.15) is 55.0 Å². The molecule has 0 spiro atoms. The molecule has 1 aliphatic rings. The summed E-state index contributed by atoms with van der Waals surface area (Å²) in [5.41, 5.74) is 4.94. The second kappa shape index (κ2) is 14.5. The molecule has 0 saturated carbocycles. The van der Waals surface area contributed by atoms with E-state index in [-0.39, 0.29) is 30.1 Å². The van der Waals surface area contributed by atoms with Gasteiger partial charge in [-0.1, -0.05) is 54.1 Å². The van der Waals surface area contributed by atoms with Gasteiger partial charge in [-0.2, -0.15) is 0 Å². The molecule has 0 bridgehead atoms. The highest BCUT2D eigenvalue weighted by atomic mass is 127. The van der Waals surface area contributed by atoms with Crippen molar-refractivity contribution in [3.05, 3.63) is 70.8 Å². The zero-order valence-electron chi connectivity index (χ0n) is 19.6. The van der Waals surface area contributed by atoms with Crippen molar-refractivity contribution in [3.8, 4) is 0 Å². The number of nitrogens with one attached hydrogen (secondary N) is 2. The lowest BCUT2D eigenvalue weighted by Gasteiger charge is -2.32. The zero-order valence-corrected chi connectivity index (χ0v) is 21.9. The normalized spacial score (nSPS) is 18.7. The zero-order chi connectivity index (χ0) is 21.9. The summed E-state index contributed by atoms with van der Waals surface area (Å²) in [6, 6.07) is 17.1. The number of nitrogens with zero attached hydrogens (tertiary/aromatic N) is 1. The number of halogens is 1. The maximum atomic E-state index is 6.18. The van der Waals surface area contributed by atoms with Crippen molar-refractivity contribution in [1.29, 1.82) is 0 Å². The van der Waals surface area contributed by atoms with Crippen LogP contribution >= 0.6 is 24.0 Å². The number of hydrogen-bond donors (Lipinski definition) is 2. The minimum atomic E-state index is 0. The Hall–Kier alpha value is -1.64. The fourth-order valence-electron chi connectivity index (χ4n) is 3.98. The quantitative estimate of drug-likeness (QED) is 0.250. The van der Waals surface area contributed by atoms with Gasteiger partial charge in [0.2, 0.25) is 0 Å². The van der Waals surface area contributed by atoms with Crippen LogP contribution in [0.15, 0.2) is 53.5 Å². The second-order valence-electron chi connectivity index (χ2n) is 8.09. The van der Waals surface area contributed by atoms with Crippen molar-refractivity contribution in [2.24, 2.45) is 10.9 Å². The summed E-state index contributed by atoms with van der Waals surface area (Å²) in [6.45, 7) is 10.7. The molecule has 2 unspecified atom stereocenters. The van der Waals surface area contributed by atoms with Crippen LogP contribution in [-0.4, -0.2) is 32.3 Å². The molecule has 176 valence electrons. The molecule has 1 aliphatic heterocycles. The van der Waals surface area contributed by atoms with Gasteiger partial charge in [0.05, 0.1) is 19.3 Å². The van der Waals surface area contributed by atoms with Gasteiger partial charge in [0.1, 0.15) is 0 Å². The molecule has 2 atom stereocenters. The molecular weight excluding hydrogens is 513 g/mol. The van der Waals surface area contributed by atoms with Gasteiger partial charge in [-0.3, -0.25) is 0 Å². The van der Waals surface area contributed by atoms with E-state index in [9.17, 15) is 0 Å². The molecule has 2 aromatic carbocycles. The highest BCUT2D eigenvalue weighted by molar-refractivity contribution is 14.0. The van der Waals surface area contributed by atoms with Crippen molar-refractivity contribution in [3.63, 3.8) is 0 Å². The van der Waals surface area contributed by atoms with E-state index < -0.39 is 0 Å². The van der Waals surface area contributed by atoms with Crippen LogP contribution in [0.5, 0.6) is 0 Å². The van der Waals surface area contributed by atoms with E-state index in [1.807, 2.05) is 6.92 Å². The number of benzene rings is 2. The average molecular weight is 552 g/mol. The third kappa shape index (κ3) is 8.05. The fourth-order valence-corrected chi connectivity index (χ4v) is 3.98. The van der Waals surface area contributed by atoms with Gasteiger partial charge < -0.3 is 20.1 Å². The molecule has 32 heavy (non-hydrogen) atoms. The molecule has 3 rings (SSSR count). The van der Waals surface area contributed by atoms with E-state index in [0.717, 1.165) is 38.5 Å². The van der Waals surface area contributed by atoms with Gasteiger partial charge in [-0.05, 0) is 50.3 Å². The van der Waals surface area contributed by atoms with Gasteiger partial charge in [-0.25, -0.2) is 4.99 Å². The summed E-state index contributed by atoms with van der Waals surface area (Å²) in [7, 11) is 0. The highest BCUT2D eigenvalue weighted by Crippen LogP contribution is 2.33. The molecule has 0 radical (unpaired) electrons. The first-order chi connectivity index (χ1) is 15.2. The number of rotatable bonds is 9. The van der Waals surface area contributed by atoms with Crippen LogP contribution in [-0.2, 0) is 22.6 Å². The SMILES string of the molecule is CCNC(=NCc1ccccc1COCC)NCC1CCCOC1c1ccc(C)cc1.I. The van der Waals surface area contributed by atoms with E-state index in [4.69, 9.17) is 14.5 Å². The van der Waals surface area contributed by atoms with E-state index in [2.05, 4.69) is 73.0 Å². The summed E-state index contributed by atoms with van der Waals surface area (Å²) >= 11 is 0. The Kier molecular flexibility index (Phi) is 12.1. The molecule has 0 aromatic heterocycles. The molecule has 2 N–H and O–H groups in total. The predicted molar refractivity (Wildman–Crippen MR) is 143 cm³/mol. The smallest absolute Gasteiger partial charge is 0.191 e. The second-order valence-corrected chi connectivity index (χ2v) is 8.09. The van der Waals surface area contributed by atoms with Crippen LogP contribution in [0.3, 0.4) is 0 Å². The predicted octanol–water partition coefficient (Wildman–Crippen LogP) is 5.37. The van der Waals surface area contributed by atoms with Crippen molar-refractivity contribution >= 4 is 29.9 Å². The molecule has 0 aliphatic carbocycles. The third-order valence-corrected chi connectivity index (χ3v) is 5.71. The topological polar surface area (TPSA) is 54.9 Å². The molecule has 1 heterocycles. The lowest BCUT2D eigenvalue weighted by atomic mass is 9.89. The van der Waals surface area contributed by atoms with Crippen molar-refractivity contribution in [2.45, 2.75) is 52.9 Å². The van der Waals surface area contributed by atoms with Crippen LogP contribution in [0.2, 0.25) is 0 Å². The lowest BCUT2D eigenvalue weighted by Crippen LogP contribution is -2.42. The summed E-state index contributed by atoms with van der Waals surface area (Å²) in [5, 5.41) is 6.95. The first kappa shape index (κ1) is 26.6. The van der Waals surface area contributed by atoms with Gasteiger partial charge in [0.25, 0.3) is 0 Å². The Morgan fingerprint density at radius 1 is 1.06 bits per heavy atom. The van der Waals surface area contributed by atoms with Crippen molar-refractivity contribution in [1.82, 2.24) is 10.6 Å². The third-order valence-electron chi connectivity index (χ3n) is 5.71. The minimum Gasteiger partial charge on any atom is -0.377 e. The molecule has 0 amide bonds. The Morgan fingerprint density at radius 3 is 2.53 bits per heavy atom. The molecular formula is C26H38IN3O2. The number of aliphatic imine (C=N–C) groups is 1. The minimum absolute atomic E-state index is 0. The highest BCUT2D eigenvalue weighted by Gasteiger charge is 2.27. The van der Waals surface area contributed by atoms with E-state index in [1.54, 1.807) is 0 Å². The molecule has 6 heteroatoms. The number of ether oxygens (including phenoxy) is 2. The average Bonchev–Trinajstić information content (AvgIpc) is 2.81. The first-order valence-electron chi connectivity index (χ1n) is 11.6. The van der Waals surface area contributed by atoms with Crippen molar-refractivity contribution < 1.29 is 9.47 Å². The summed E-state index contributed by atoms with van der Waals surface area (Å²) < 4.78 is 11.8. The van der Waals surface area contributed by atoms with Crippen LogP contribution < -0.4 is 10.6 Å². The Labute approximate surface area is 210 Å². The molecule has 1 saturated heterocycles. The largest absolute Gasteiger partial charge is 0.377 e. The van der Waals surface area contributed by atoms with E-state index in [0.29, 0.717) is 25.7 Å². The maximum absolute atomic E-state index is 6.18. The Bertz CT molecular complexity index is 826. The number of guanidine groups is 1. The molecule has 1 fully saturated rings. The standard InChI is InChI=1S/C26H37N3O2.HI/c1-4-27-26(28-17-22-9-6-7-10-24(22)19-30-5-2)29-18-23-11-8-16-31-25(23)21-14-12-20(3)13-15-21;/h6-7,9-10,12-15,23,25H,4-5,8,11,16-19H2,1-3H3,(H2,27,28,29);1H. The summed E-state index contributed by atoms with van der Waals surface area (Å²) in [4.78, 5) is 4.84. The van der Waals surface area contributed by atoms with Gasteiger partial charge >= 0.3 is 0 Å². The summed E-state index contributed by atoms with van der Waals surface area (Å²) in [6.07, 6.45) is 2.40. The fraction of sp³-hybridized carbons (Fsp3) is 0.500. The Balaban J connectivity index is 0.00000363. The molecule has 2 aromatic rings.